The van der Waals surface area contributed by atoms with Gasteiger partial charge < -0.3 is 19.6 Å². The van der Waals surface area contributed by atoms with Crippen LogP contribution in [0.1, 0.15) is 10.5 Å². The van der Waals surface area contributed by atoms with Crippen LogP contribution in [-0.2, 0) is 0 Å². The van der Waals surface area contributed by atoms with Gasteiger partial charge in [-0.3, -0.25) is 4.79 Å². The van der Waals surface area contributed by atoms with Crippen molar-refractivity contribution in [3.05, 3.63) is 41.2 Å². The molecule has 0 N–H and O–H groups in total. The van der Waals surface area contributed by atoms with E-state index >= 15 is 0 Å². The maximum atomic E-state index is 13.1. The highest BCUT2D eigenvalue weighted by molar-refractivity contribution is 7.13. The molecule has 0 saturated carbocycles. The molecule has 2 aromatic rings. The number of rotatable bonds is 3. The van der Waals surface area contributed by atoms with Crippen LogP contribution in [0.15, 0.2) is 29.6 Å². The first-order valence-corrected chi connectivity index (χ1v) is 10.2. The molecule has 0 spiro atoms. The van der Waals surface area contributed by atoms with E-state index in [1.165, 1.54) is 23.5 Å². The second kappa shape index (κ2) is 7.82. The molecular formula is C19H24FN5OS. The average Bonchev–Trinajstić information content (AvgIpc) is 3.19. The molecule has 2 saturated heterocycles. The minimum absolute atomic E-state index is 0.0375. The molecule has 27 heavy (non-hydrogen) atoms. The fourth-order valence-corrected chi connectivity index (χ4v) is 4.34. The molecule has 1 amide bonds. The van der Waals surface area contributed by atoms with Gasteiger partial charge in [-0.25, -0.2) is 9.37 Å². The average molecular weight is 390 g/mol. The Bertz CT molecular complexity index is 780. The first kappa shape index (κ1) is 18.2. The number of aromatic nitrogens is 1. The molecule has 4 rings (SSSR count). The molecule has 144 valence electrons. The van der Waals surface area contributed by atoms with Gasteiger partial charge in [0.1, 0.15) is 11.5 Å². The first-order valence-electron chi connectivity index (χ1n) is 9.29. The number of thiazole rings is 1. The fraction of sp³-hybridized carbons (Fsp3) is 0.474. The molecule has 0 aliphatic carbocycles. The largest absolute Gasteiger partial charge is 0.368 e. The predicted octanol–water partition coefficient (Wildman–Crippen LogP) is 2.00. The molecule has 0 bridgehead atoms. The number of carbonyl (C=O) groups is 1. The number of benzene rings is 1. The molecular weight excluding hydrogens is 365 g/mol. The van der Waals surface area contributed by atoms with Crippen molar-refractivity contribution in [1.82, 2.24) is 14.8 Å². The maximum absolute atomic E-state index is 13.1. The molecule has 2 aliphatic heterocycles. The summed E-state index contributed by atoms with van der Waals surface area (Å²) in [7, 11) is 2.08. The standard InChI is InChI=1S/C19H24FN5OS/c1-22-6-8-24(9-7-22)18(26)17-14-27-19(21-17)25-12-10-23(11-13-25)16-4-2-15(20)3-5-16/h2-5,14H,6-13H2,1H3. The number of carbonyl (C=O) groups excluding carboxylic acids is 1. The number of hydrogen-bond acceptors (Lipinski definition) is 6. The predicted molar refractivity (Wildman–Crippen MR) is 106 cm³/mol. The van der Waals surface area contributed by atoms with Crippen molar-refractivity contribution in [3.8, 4) is 0 Å². The summed E-state index contributed by atoms with van der Waals surface area (Å²) in [6.07, 6.45) is 0. The van der Waals surface area contributed by atoms with Crippen molar-refractivity contribution >= 4 is 28.1 Å². The normalized spacial score (nSPS) is 18.8. The molecule has 3 heterocycles. The van der Waals surface area contributed by atoms with Gasteiger partial charge in [-0.15, -0.1) is 11.3 Å². The van der Waals surface area contributed by atoms with Crippen LogP contribution in [-0.4, -0.2) is 80.1 Å². The van der Waals surface area contributed by atoms with E-state index in [1.54, 1.807) is 0 Å². The third kappa shape index (κ3) is 4.06. The second-order valence-electron chi connectivity index (χ2n) is 7.06. The number of anilines is 2. The molecule has 0 atom stereocenters. The Hall–Kier alpha value is -2.19. The zero-order chi connectivity index (χ0) is 18.8. The number of hydrogen-bond donors (Lipinski definition) is 0. The first-order chi connectivity index (χ1) is 13.1. The molecule has 1 aromatic heterocycles. The summed E-state index contributed by atoms with van der Waals surface area (Å²) < 4.78 is 13.1. The van der Waals surface area contributed by atoms with Gasteiger partial charge in [0.05, 0.1) is 0 Å². The molecule has 1 aromatic carbocycles. The van der Waals surface area contributed by atoms with Crippen molar-refractivity contribution < 1.29 is 9.18 Å². The van der Waals surface area contributed by atoms with Crippen molar-refractivity contribution in [1.29, 1.82) is 0 Å². The van der Waals surface area contributed by atoms with E-state index in [4.69, 9.17) is 0 Å². The van der Waals surface area contributed by atoms with Gasteiger partial charge >= 0.3 is 0 Å². The summed E-state index contributed by atoms with van der Waals surface area (Å²) in [6, 6.07) is 6.64. The third-order valence-corrected chi connectivity index (χ3v) is 6.15. The lowest BCUT2D eigenvalue weighted by molar-refractivity contribution is 0.0659. The van der Waals surface area contributed by atoms with E-state index in [2.05, 4.69) is 26.7 Å². The van der Waals surface area contributed by atoms with E-state index in [1.807, 2.05) is 22.4 Å². The molecule has 0 radical (unpaired) electrons. The highest BCUT2D eigenvalue weighted by Gasteiger charge is 2.25. The Balaban J connectivity index is 1.35. The second-order valence-corrected chi connectivity index (χ2v) is 7.90. The minimum atomic E-state index is -0.210. The lowest BCUT2D eigenvalue weighted by Gasteiger charge is -2.36. The van der Waals surface area contributed by atoms with Crippen LogP contribution < -0.4 is 9.80 Å². The highest BCUT2D eigenvalue weighted by Crippen LogP contribution is 2.25. The van der Waals surface area contributed by atoms with Gasteiger partial charge in [0, 0.05) is 63.4 Å². The van der Waals surface area contributed by atoms with Gasteiger partial charge in [0.2, 0.25) is 0 Å². The quantitative estimate of drug-likeness (QED) is 0.803. The Morgan fingerprint density at radius 3 is 2.26 bits per heavy atom. The van der Waals surface area contributed by atoms with Crippen LogP contribution in [0.4, 0.5) is 15.2 Å². The minimum Gasteiger partial charge on any atom is -0.368 e. The van der Waals surface area contributed by atoms with Gasteiger partial charge in [-0.05, 0) is 31.3 Å². The monoisotopic (exact) mass is 389 g/mol. The summed E-state index contributed by atoms with van der Waals surface area (Å²) in [6.45, 7) is 6.74. The summed E-state index contributed by atoms with van der Waals surface area (Å²) in [5.74, 6) is -0.173. The Morgan fingerprint density at radius 1 is 0.963 bits per heavy atom. The number of halogens is 1. The van der Waals surface area contributed by atoms with Crippen molar-refractivity contribution in [3.63, 3.8) is 0 Å². The van der Waals surface area contributed by atoms with Gasteiger partial charge in [0.15, 0.2) is 5.13 Å². The summed E-state index contributed by atoms with van der Waals surface area (Å²) in [5, 5.41) is 2.79. The molecule has 2 fully saturated rings. The third-order valence-electron chi connectivity index (χ3n) is 5.24. The van der Waals surface area contributed by atoms with Crippen molar-refractivity contribution in [2.75, 3.05) is 69.2 Å². The summed E-state index contributed by atoms with van der Waals surface area (Å²) in [4.78, 5) is 25.9. The van der Waals surface area contributed by atoms with Crippen LogP contribution in [0.3, 0.4) is 0 Å². The zero-order valence-corrected chi connectivity index (χ0v) is 16.3. The van der Waals surface area contributed by atoms with Crippen molar-refractivity contribution in [2.24, 2.45) is 0 Å². The lowest BCUT2D eigenvalue weighted by Crippen LogP contribution is -2.47. The van der Waals surface area contributed by atoms with Crippen LogP contribution in [0.5, 0.6) is 0 Å². The van der Waals surface area contributed by atoms with E-state index in [-0.39, 0.29) is 11.7 Å². The topological polar surface area (TPSA) is 42.9 Å². The fourth-order valence-electron chi connectivity index (χ4n) is 3.49. The van der Waals surface area contributed by atoms with E-state index in [9.17, 15) is 9.18 Å². The number of piperazine rings is 2. The van der Waals surface area contributed by atoms with Gasteiger partial charge in [0.25, 0.3) is 5.91 Å². The number of nitrogens with zero attached hydrogens (tertiary/aromatic N) is 5. The van der Waals surface area contributed by atoms with Crippen molar-refractivity contribution in [2.45, 2.75) is 0 Å². The van der Waals surface area contributed by atoms with Crippen LogP contribution in [0.25, 0.3) is 0 Å². The van der Waals surface area contributed by atoms with E-state index in [0.29, 0.717) is 5.69 Å². The Morgan fingerprint density at radius 2 is 1.59 bits per heavy atom. The molecule has 0 unspecified atom stereocenters. The molecule has 6 nitrogen and oxygen atoms in total. The lowest BCUT2D eigenvalue weighted by atomic mass is 10.2. The maximum Gasteiger partial charge on any atom is 0.273 e. The molecule has 8 heteroatoms. The van der Waals surface area contributed by atoms with Crippen LogP contribution in [0, 0.1) is 5.82 Å². The number of likely N-dealkylation sites (N-methyl/N-ethyl adjacent to an activating group) is 1. The zero-order valence-electron chi connectivity index (χ0n) is 15.5. The van der Waals surface area contributed by atoms with Crippen LogP contribution >= 0.6 is 11.3 Å². The Kier molecular flexibility index (Phi) is 5.27. The number of amides is 1. The SMILES string of the molecule is CN1CCN(C(=O)c2csc(N3CCN(c4ccc(F)cc4)CC3)n2)CC1. The molecule has 2 aliphatic rings. The van der Waals surface area contributed by atoms with Gasteiger partial charge in [-0.1, -0.05) is 0 Å². The summed E-state index contributed by atoms with van der Waals surface area (Å²) in [5.41, 5.74) is 1.60. The Labute approximate surface area is 162 Å². The van der Waals surface area contributed by atoms with E-state index in [0.717, 1.165) is 63.2 Å². The summed E-state index contributed by atoms with van der Waals surface area (Å²) >= 11 is 1.54. The van der Waals surface area contributed by atoms with Crippen LogP contribution in [0.2, 0.25) is 0 Å². The van der Waals surface area contributed by atoms with E-state index < -0.39 is 0 Å². The van der Waals surface area contributed by atoms with Gasteiger partial charge in [-0.2, -0.15) is 0 Å². The smallest absolute Gasteiger partial charge is 0.273 e. The highest BCUT2D eigenvalue weighted by atomic mass is 32.1.